The molecule has 4 heteroatoms. The zero-order valence-corrected chi connectivity index (χ0v) is 10.1. The lowest BCUT2D eigenvalue weighted by Crippen LogP contribution is -3.00. The van der Waals surface area contributed by atoms with Gasteiger partial charge in [0.2, 0.25) is 0 Å². The van der Waals surface area contributed by atoms with Crippen molar-refractivity contribution in [2.24, 2.45) is 0 Å². The van der Waals surface area contributed by atoms with E-state index in [1.165, 1.54) is 0 Å². The molecule has 1 rings (SSSR count). The SMILES string of the molecule is C=CCSC(=S)C[n+]1ccccc1.[Cl-]. The summed E-state index contributed by atoms with van der Waals surface area (Å²) >= 11 is 6.86. The zero-order chi connectivity index (χ0) is 9.52. The monoisotopic (exact) mass is 245 g/mol. The molecule has 0 fully saturated rings. The van der Waals surface area contributed by atoms with Crippen LogP contribution in [0.25, 0.3) is 0 Å². The predicted molar refractivity (Wildman–Crippen MR) is 61.9 cm³/mol. The van der Waals surface area contributed by atoms with Gasteiger partial charge in [0.15, 0.2) is 18.9 Å². The van der Waals surface area contributed by atoms with E-state index in [4.69, 9.17) is 12.2 Å². The molecule has 1 aromatic heterocycles. The molecule has 0 N–H and O–H groups in total. The van der Waals surface area contributed by atoms with E-state index in [-0.39, 0.29) is 12.4 Å². The summed E-state index contributed by atoms with van der Waals surface area (Å²) in [5.41, 5.74) is 0. The molecule has 0 bridgehead atoms. The lowest BCUT2D eigenvalue weighted by molar-refractivity contribution is -0.681. The van der Waals surface area contributed by atoms with Gasteiger partial charge in [-0.05, 0) is 0 Å². The molecule has 14 heavy (non-hydrogen) atoms. The normalized spacial score (nSPS) is 8.86. The fourth-order valence-corrected chi connectivity index (χ4v) is 1.78. The summed E-state index contributed by atoms with van der Waals surface area (Å²) in [5, 5.41) is 0. The Hall–Kier alpha value is -0.380. The first-order valence-electron chi connectivity index (χ1n) is 4.03. The van der Waals surface area contributed by atoms with E-state index in [1.807, 2.05) is 36.7 Å². The second-order valence-corrected chi connectivity index (χ2v) is 4.39. The fraction of sp³-hybridized carbons (Fsp3) is 0.200. The minimum atomic E-state index is 0. The summed E-state index contributed by atoms with van der Waals surface area (Å²) in [5.74, 6) is 0.895. The third-order valence-electron chi connectivity index (χ3n) is 1.45. The van der Waals surface area contributed by atoms with Crippen LogP contribution in [-0.4, -0.2) is 9.95 Å². The molecule has 0 aliphatic heterocycles. The first-order chi connectivity index (χ1) is 6.33. The first-order valence-corrected chi connectivity index (χ1v) is 5.43. The topological polar surface area (TPSA) is 3.88 Å². The number of thiocarbonyl (C=S) groups is 1. The maximum Gasteiger partial charge on any atom is 0.189 e. The van der Waals surface area contributed by atoms with Crippen molar-refractivity contribution < 1.29 is 17.0 Å². The number of hydrogen-bond donors (Lipinski definition) is 0. The van der Waals surface area contributed by atoms with Gasteiger partial charge in [0.1, 0.15) is 4.20 Å². The first kappa shape index (κ1) is 13.6. The largest absolute Gasteiger partial charge is 1.00 e. The van der Waals surface area contributed by atoms with Gasteiger partial charge in [-0.15, -0.1) is 18.3 Å². The Kier molecular flexibility index (Phi) is 7.76. The molecule has 0 spiro atoms. The fourth-order valence-electron chi connectivity index (χ4n) is 0.886. The molecule has 0 radical (unpaired) electrons. The summed E-state index contributed by atoms with van der Waals surface area (Å²) in [7, 11) is 0. The second kappa shape index (κ2) is 7.97. The summed E-state index contributed by atoms with van der Waals surface area (Å²) in [6, 6.07) is 6.00. The van der Waals surface area contributed by atoms with E-state index in [0.29, 0.717) is 0 Å². The molecule has 0 saturated heterocycles. The van der Waals surface area contributed by atoms with Gasteiger partial charge in [0.05, 0.1) is 0 Å². The van der Waals surface area contributed by atoms with Crippen LogP contribution in [0.3, 0.4) is 0 Å². The van der Waals surface area contributed by atoms with E-state index in [1.54, 1.807) is 11.8 Å². The van der Waals surface area contributed by atoms with Crippen LogP contribution in [0, 0.1) is 0 Å². The van der Waals surface area contributed by atoms with Crippen LogP contribution in [-0.2, 0) is 6.54 Å². The standard InChI is InChI=1S/C10H12NS2.ClH/c1-2-8-13-10(12)9-11-6-4-3-5-7-11;/h2-7H,1,8-9H2;1H/q+1;/p-1. The van der Waals surface area contributed by atoms with Crippen LogP contribution < -0.4 is 17.0 Å². The second-order valence-electron chi connectivity index (χ2n) is 2.52. The van der Waals surface area contributed by atoms with Gasteiger partial charge in [-0.1, -0.05) is 24.4 Å². The van der Waals surface area contributed by atoms with Crippen molar-refractivity contribution in [3.63, 3.8) is 0 Å². The van der Waals surface area contributed by atoms with Gasteiger partial charge >= 0.3 is 0 Å². The highest BCUT2D eigenvalue weighted by Gasteiger charge is 2.03. The van der Waals surface area contributed by atoms with E-state index in [2.05, 4.69) is 11.1 Å². The summed E-state index contributed by atoms with van der Waals surface area (Å²) in [4.78, 5) is 0. The molecule has 0 amide bonds. The number of aromatic nitrogens is 1. The number of halogens is 1. The molecule has 76 valence electrons. The number of rotatable bonds is 4. The molecule has 0 aliphatic rings. The molecular weight excluding hydrogens is 234 g/mol. The molecule has 0 atom stereocenters. The minimum absolute atomic E-state index is 0. The van der Waals surface area contributed by atoms with Crippen LogP contribution >= 0.6 is 24.0 Å². The minimum Gasteiger partial charge on any atom is -1.00 e. The Morgan fingerprint density at radius 1 is 1.36 bits per heavy atom. The number of pyridine rings is 1. The van der Waals surface area contributed by atoms with Gasteiger partial charge in [0, 0.05) is 17.9 Å². The van der Waals surface area contributed by atoms with E-state index >= 15 is 0 Å². The highest BCUT2D eigenvalue weighted by molar-refractivity contribution is 8.23. The average molecular weight is 246 g/mol. The molecule has 0 unspecified atom stereocenters. The Balaban J connectivity index is 0.00000169. The van der Waals surface area contributed by atoms with Gasteiger partial charge in [-0.3, -0.25) is 0 Å². The molecular formula is C10H12ClNS2. The maximum atomic E-state index is 5.20. The third kappa shape index (κ3) is 5.37. The molecule has 1 nitrogen and oxygen atoms in total. The summed E-state index contributed by atoms with van der Waals surface area (Å²) in [6.45, 7) is 4.45. The third-order valence-corrected chi connectivity index (χ3v) is 2.79. The van der Waals surface area contributed by atoms with E-state index in [0.717, 1.165) is 16.5 Å². The Labute approximate surface area is 101 Å². The highest BCUT2D eigenvalue weighted by Crippen LogP contribution is 2.03. The van der Waals surface area contributed by atoms with Crippen molar-refractivity contribution in [2.45, 2.75) is 6.54 Å². The Bertz CT molecular complexity index is 287. The van der Waals surface area contributed by atoms with E-state index < -0.39 is 0 Å². The maximum absolute atomic E-state index is 5.20. The lowest BCUT2D eigenvalue weighted by Gasteiger charge is -1.96. The van der Waals surface area contributed by atoms with Gasteiger partial charge in [-0.25, -0.2) is 0 Å². The van der Waals surface area contributed by atoms with Crippen molar-refractivity contribution in [3.8, 4) is 0 Å². The number of nitrogens with zero attached hydrogens (tertiary/aromatic N) is 1. The smallest absolute Gasteiger partial charge is 0.189 e. The van der Waals surface area contributed by atoms with Crippen LogP contribution in [0.15, 0.2) is 43.2 Å². The highest BCUT2D eigenvalue weighted by atomic mass is 35.5. The van der Waals surface area contributed by atoms with Crippen molar-refractivity contribution in [3.05, 3.63) is 43.2 Å². The molecule has 0 saturated carbocycles. The van der Waals surface area contributed by atoms with Crippen LogP contribution in [0.1, 0.15) is 0 Å². The average Bonchev–Trinajstić information content (AvgIpc) is 2.16. The molecule has 0 aliphatic carbocycles. The van der Waals surface area contributed by atoms with Crippen LogP contribution in [0.4, 0.5) is 0 Å². The van der Waals surface area contributed by atoms with Crippen molar-refractivity contribution in [1.82, 2.24) is 0 Å². The lowest BCUT2D eigenvalue weighted by atomic mass is 10.5. The predicted octanol–water partition coefficient (Wildman–Crippen LogP) is -0.775. The summed E-state index contributed by atoms with van der Waals surface area (Å²) in [6.07, 6.45) is 5.90. The van der Waals surface area contributed by atoms with Gasteiger partial charge < -0.3 is 12.4 Å². The van der Waals surface area contributed by atoms with Crippen molar-refractivity contribution >= 4 is 28.2 Å². The summed E-state index contributed by atoms with van der Waals surface area (Å²) < 4.78 is 3.06. The van der Waals surface area contributed by atoms with Crippen LogP contribution in [0.2, 0.25) is 0 Å². The molecule has 1 aromatic rings. The van der Waals surface area contributed by atoms with Crippen LogP contribution in [0.5, 0.6) is 0 Å². The van der Waals surface area contributed by atoms with Crippen molar-refractivity contribution in [1.29, 1.82) is 0 Å². The quantitative estimate of drug-likeness (QED) is 0.390. The molecule has 1 heterocycles. The van der Waals surface area contributed by atoms with E-state index in [9.17, 15) is 0 Å². The van der Waals surface area contributed by atoms with Gasteiger partial charge in [-0.2, -0.15) is 4.57 Å². The Morgan fingerprint density at radius 3 is 2.57 bits per heavy atom. The number of hydrogen-bond acceptors (Lipinski definition) is 2. The molecule has 0 aromatic carbocycles. The van der Waals surface area contributed by atoms with Gasteiger partial charge in [0.25, 0.3) is 0 Å². The number of thioether (sulfide) groups is 1. The Morgan fingerprint density at radius 2 is 2.00 bits per heavy atom. The zero-order valence-electron chi connectivity index (χ0n) is 7.73. The van der Waals surface area contributed by atoms with Crippen molar-refractivity contribution in [2.75, 3.05) is 5.75 Å².